The second-order valence-corrected chi connectivity index (χ2v) is 13.0. The molecule has 4 aromatic carbocycles. The standard InChI is InChI=1S/C34H35ClN4O6S/c1-3-25(2)36-34(41)32(22-26-12-6-4-7-13-26)37(23-27-14-10-11-17-31(27)35)33(40)24-38(28-18-20-29(21-19-28)39(42)43)46(44,45)30-15-8-5-9-16-30/h4-21,25,32H,3,22-24H2,1-2H3,(H,36,41). The SMILES string of the molecule is CCC(C)NC(=O)C(Cc1ccccc1)N(Cc1ccccc1Cl)C(=O)CN(c1ccc([N+](=O)[O-])cc1)S(=O)(=O)c1ccccc1. The second-order valence-electron chi connectivity index (χ2n) is 10.7. The van der Waals surface area contributed by atoms with Crippen LogP contribution in [0.5, 0.6) is 0 Å². The molecule has 4 rings (SSSR count). The van der Waals surface area contributed by atoms with Gasteiger partial charge >= 0.3 is 0 Å². The van der Waals surface area contributed by atoms with E-state index in [1.54, 1.807) is 42.5 Å². The topological polar surface area (TPSA) is 130 Å². The molecule has 0 aromatic heterocycles. The first-order chi connectivity index (χ1) is 22.0. The Morgan fingerprint density at radius 1 is 0.891 bits per heavy atom. The van der Waals surface area contributed by atoms with E-state index in [1.807, 2.05) is 44.2 Å². The zero-order valence-electron chi connectivity index (χ0n) is 25.5. The van der Waals surface area contributed by atoms with Gasteiger partial charge in [0.1, 0.15) is 12.6 Å². The van der Waals surface area contributed by atoms with Crippen molar-refractivity contribution in [2.75, 3.05) is 10.8 Å². The van der Waals surface area contributed by atoms with Crippen LogP contribution in [-0.2, 0) is 32.6 Å². The van der Waals surface area contributed by atoms with Crippen LogP contribution in [0.2, 0.25) is 5.02 Å². The highest BCUT2D eigenvalue weighted by Crippen LogP contribution is 2.27. The van der Waals surface area contributed by atoms with E-state index < -0.39 is 39.3 Å². The lowest BCUT2D eigenvalue weighted by Crippen LogP contribution is -2.54. The average molecular weight is 663 g/mol. The molecule has 2 atom stereocenters. The number of non-ortho nitro benzene ring substituents is 1. The van der Waals surface area contributed by atoms with Crippen molar-refractivity contribution in [2.24, 2.45) is 0 Å². The molecule has 0 saturated heterocycles. The molecule has 2 amide bonds. The number of hydrogen-bond acceptors (Lipinski definition) is 6. The first-order valence-electron chi connectivity index (χ1n) is 14.7. The fraction of sp³-hybridized carbons (Fsp3) is 0.235. The molecule has 0 saturated carbocycles. The number of nitrogens with one attached hydrogen (secondary N) is 1. The summed E-state index contributed by atoms with van der Waals surface area (Å²) < 4.78 is 28.9. The van der Waals surface area contributed by atoms with E-state index in [4.69, 9.17) is 11.6 Å². The maximum atomic E-state index is 14.5. The van der Waals surface area contributed by atoms with E-state index >= 15 is 0 Å². The number of carbonyl (C=O) groups excluding carboxylic acids is 2. The molecule has 0 aliphatic carbocycles. The van der Waals surface area contributed by atoms with Crippen LogP contribution in [-0.4, -0.2) is 48.7 Å². The highest BCUT2D eigenvalue weighted by molar-refractivity contribution is 7.92. The molecule has 0 bridgehead atoms. The summed E-state index contributed by atoms with van der Waals surface area (Å²) in [6, 6.07) is 27.4. The second kappa shape index (κ2) is 15.5. The van der Waals surface area contributed by atoms with Crippen LogP contribution in [0.15, 0.2) is 114 Å². The monoisotopic (exact) mass is 662 g/mol. The number of rotatable bonds is 14. The van der Waals surface area contributed by atoms with Crippen molar-refractivity contribution in [3.8, 4) is 0 Å². The van der Waals surface area contributed by atoms with E-state index in [0.717, 1.165) is 9.87 Å². The van der Waals surface area contributed by atoms with Crippen molar-refractivity contribution in [3.05, 3.63) is 135 Å². The molecule has 4 aromatic rings. The van der Waals surface area contributed by atoms with Gasteiger partial charge in [0.2, 0.25) is 11.8 Å². The molecule has 0 fully saturated rings. The van der Waals surface area contributed by atoms with Crippen LogP contribution in [0.25, 0.3) is 0 Å². The highest BCUT2D eigenvalue weighted by atomic mass is 35.5. The van der Waals surface area contributed by atoms with Crippen LogP contribution in [0.1, 0.15) is 31.4 Å². The molecule has 1 N–H and O–H groups in total. The maximum absolute atomic E-state index is 14.5. The number of nitro groups is 1. The van der Waals surface area contributed by atoms with Crippen molar-refractivity contribution in [2.45, 2.75) is 50.2 Å². The number of amides is 2. The Hall–Kier alpha value is -4.74. The maximum Gasteiger partial charge on any atom is 0.269 e. The molecule has 240 valence electrons. The van der Waals surface area contributed by atoms with Crippen molar-refractivity contribution < 1.29 is 22.9 Å². The van der Waals surface area contributed by atoms with Crippen molar-refractivity contribution in [3.63, 3.8) is 0 Å². The van der Waals surface area contributed by atoms with Gasteiger partial charge in [0.15, 0.2) is 0 Å². The van der Waals surface area contributed by atoms with Gasteiger partial charge in [0.05, 0.1) is 15.5 Å². The normalized spacial score (nSPS) is 12.5. The van der Waals surface area contributed by atoms with E-state index in [1.165, 1.54) is 41.3 Å². The molecule has 0 radical (unpaired) electrons. The molecule has 0 aliphatic heterocycles. The van der Waals surface area contributed by atoms with E-state index in [0.29, 0.717) is 17.0 Å². The summed E-state index contributed by atoms with van der Waals surface area (Å²) in [6.45, 7) is 3.02. The average Bonchev–Trinajstić information content (AvgIpc) is 3.06. The quantitative estimate of drug-likeness (QED) is 0.130. The third-order valence-corrected chi connectivity index (χ3v) is 9.69. The predicted molar refractivity (Wildman–Crippen MR) is 178 cm³/mol. The van der Waals surface area contributed by atoms with Crippen molar-refractivity contribution in [1.29, 1.82) is 0 Å². The fourth-order valence-electron chi connectivity index (χ4n) is 4.79. The number of hydrogen-bond donors (Lipinski definition) is 1. The Balaban J connectivity index is 1.82. The summed E-state index contributed by atoms with van der Waals surface area (Å²) in [5.41, 5.74) is 1.17. The number of halogens is 1. The molecule has 46 heavy (non-hydrogen) atoms. The van der Waals surface area contributed by atoms with E-state index in [2.05, 4.69) is 5.32 Å². The Morgan fingerprint density at radius 3 is 2.07 bits per heavy atom. The van der Waals surface area contributed by atoms with Gasteiger partial charge in [-0.3, -0.25) is 24.0 Å². The Bertz CT molecular complexity index is 1760. The lowest BCUT2D eigenvalue weighted by molar-refractivity contribution is -0.384. The Labute approximate surface area is 273 Å². The van der Waals surface area contributed by atoms with E-state index in [-0.39, 0.29) is 35.3 Å². The molecular formula is C34H35ClN4O6S. The van der Waals surface area contributed by atoms with Gasteiger partial charge in [0, 0.05) is 36.2 Å². The zero-order valence-corrected chi connectivity index (χ0v) is 27.0. The number of nitro benzene ring substituents is 1. The van der Waals surface area contributed by atoms with Crippen LogP contribution in [0, 0.1) is 10.1 Å². The van der Waals surface area contributed by atoms with Crippen LogP contribution >= 0.6 is 11.6 Å². The number of nitrogens with zero attached hydrogens (tertiary/aromatic N) is 3. The molecule has 2 unspecified atom stereocenters. The van der Waals surface area contributed by atoms with Crippen LogP contribution in [0.4, 0.5) is 11.4 Å². The van der Waals surface area contributed by atoms with Crippen molar-refractivity contribution in [1.82, 2.24) is 10.2 Å². The molecule has 0 heterocycles. The van der Waals surface area contributed by atoms with Gasteiger partial charge in [-0.15, -0.1) is 0 Å². The number of benzene rings is 4. The lowest BCUT2D eigenvalue weighted by Gasteiger charge is -2.34. The van der Waals surface area contributed by atoms with Gasteiger partial charge in [-0.1, -0.05) is 85.3 Å². The minimum Gasteiger partial charge on any atom is -0.352 e. The lowest BCUT2D eigenvalue weighted by atomic mass is 10.0. The van der Waals surface area contributed by atoms with Gasteiger partial charge in [-0.05, 0) is 54.8 Å². The fourth-order valence-corrected chi connectivity index (χ4v) is 6.42. The third-order valence-electron chi connectivity index (χ3n) is 7.53. The van der Waals surface area contributed by atoms with Gasteiger partial charge in [-0.2, -0.15) is 0 Å². The van der Waals surface area contributed by atoms with Gasteiger partial charge in [0.25, 0.3) is 15.7 Å². The zero-order chi connectivity index (χ0) is 33.3. The van der Waals surface area contributed by atoms with Crippen LogP contribution < -0.4 is 9.62 Å². The summed E-state index contributed by atoms with van der Waals surface area (Å²) in [5, 5.41) is 14.7. The minimum absolute atomic E-state index is 0.0455. The molecule has 12 heteroatoms. The number of anilines is 1. The molecule has 0 spiro atoms. The number of sulfonamides is 1. The molecule has 10 nitrogen and oxygen atoms in total. The third kappa shape index (κ3) is 8.49. The summed E-state index contributed by atoms with van der Waals surface area (Å²) in [5.74, 6) is -1.07. The summed E-state index contributed by atoms with van der Waals surface area (Å²) in [6.07, 6.45) is 0.813. The predicted octanol–water partition coefficient (Wildman–Crippen LogP) is 6.00. The van der Waals surface area contributed by atoms with Gasteiger partial charge in [-0.25, -0.2) is 8.42 Å². The Morgan fingerprint density at radius 2 is 1.48 bits per heavy atom. The van der Waals surface area contributed by atoms with Crippen molar-refractivity contribution >= 4 is 44.8 Å². The largest absolute Gasteiger partial charge is 0.352 e. The van der Waals surface area contributed by atoms with Gasteiger partial charge < -0.3 is 10.2 Å². The molecular weight excluding hydrogens is 628 g/mol. The summed E-state index contributed by atoms with van der Waals surface area (Å²) in [7, 11) is -4.34. The summed E-state index contributed by atoms with van der Waals surface area (Å²) >= 11 is 6.52. The highest BCUT2D eigenvalue weighted by Gasteiger charge is 2.35. The number of carbonyl (C=O) groups is 2. The first kappa shape index (κ1) is 34.1. The summed E-state index contributed by atoms with van der Waals surface area (Å²) in [4.78, 5) is 40.4. The van der Waals surface area contributed by atoms with Crippen LogP contribution in [0.3, 0.4) is 0 Å². The Kier molecular flexibility index (Phi) is 11.5. The molecule has 0 aliphatic rings. The van der Waals surface area contributed by atoms with E-state index in [9.17, 15) is 28.1 Å². The first-order valence-corrected chi connectivity index (χ1v) is 16.5. The minimum atomic E-state index is -4.34. The smallest absolute Gasteiger partial charge is 0.269 e.